The van der Waals surface area contributed by atoms with Crippen molar-refractivity contribution in [3.05, 3.63) is 0 Å². The van der Waals surface area contributed by atoms with E-state index < -0.39 is 24.5 Å². The van der Waals surface area contributed by atoms with E-state index in [0.717, 1.165) is 0 Å². The van der Waals surface area contributed by atoms with Gasteiger partial charge < -0.3 is 20.1 Å². The van der Waals surface area contributed by atoms with Crippen LogP contribution in [0.5, 0.6) is 0 Å². The van der Waals surface area contributed by atoms with Crippen LogP contribution in [0.3, 0.4) is 0 Å². The third-order valence-electron chi connectivity index (χ3n) is 0.907. The van der Waals surface area contributed by atoms with E-state index in [1.54, 1.807) is 0 Å². The molecule has 0 rings (SSSR count). The summed E-state index contributed by atoms with van der Waals surface area (Å²) in [5.74, 6) is -2.78. The normalized spacial score (nSPS) is 11.4. The van der Waals surface area contributed by atoms with Crippen LogP contribution in [0.4, 0.5) is 0 Å². The fourth-order valence-corrected chi connectivity index (χ4v) is 0.378. The standard InChI is InChI=1S/C5H8O5.Na/c6-3(5(9)10)1-2-4(7)8;/h3,6H,1-2H2,(H,7,8)(H,9,10);/q;+1/p-1/t3-;/m1./s1. The first-order chi connectivity index (χ1) is 4.54. The van der Waals surface area contributed by atoms with Gasteiger partial charge in [-0.2, -0.15) is 0 Å². The zero-order valence-corrected chi connectivity index (χ0v) is 8.11. The number of carboxylic acids is 2. The summed E-state index contributed by atoms with van der Waals surface area (Å²) in [6.07, 6.45) is -2.34. The van der Waals surface area contributed by atoms with E-state index >= 15 is 0 Å². The summed E-state index contributed by atoms with van der Waals surface area (Å²) in [4.78, 5) is 19.6. The van der Waals surface area contributed by atoms with Crippen LogP contribution in [0.1, 0.15) is 12.8 Å². The molecule has 0 spiro atoms. The Balaban J connectivity index is 0. The number of carbonyl (C=O) groups excluding carboxylic acids is 1. The molecule has 5 nitrogen and oxygen atoms in total. The molecule has 0 saturated carbocycles. The average molecular weight is 170 g/mol. The first-order valence-electron chi connectivity index (χ1n) is 2.64. The molecule has 0 aliphatic carbocycles. The van der Waals surface area contributed by atoms with Crippen molar-refractivity contribution in [3.8, 4) is 0 Å². The van der Waals surface area contributed by atoms with Crippen LogP contribution in [-0.2, 0) is 9.59 Å². The molecule has 0 aliphatic heterocycles. The van der Waals surface area contributed by atoms with Gasteiger partial charge in [0.1, 0.15) is 0 Å². The molecule has 0 aromatic rings. The van der Waals surface area contributed by atoms with E-state index in [1.165, 1.54) is 0 Å². The van der Waals surface area contributed by atoms with Crippen LogP contribution in [0.15, 0.2) is 0 Å². The van der Waals surface area contributed by atoms with Gasteiger partial charge in [0.15, 0.2) is 6.10 Å². The largest absolute Gasteiger partial charge is 1.00 e. The molecule has 11 heavy (non-hydrogen) atoms. The van der Waals surface area contributed by atoms with Crippen LogP contribution in [0.25, 0.3) is 0 Å². The summed E-state index contributed by atoms with van der Waals surface area (Å²) in [5, 5.41) is 26.2. The number of carboxylic acid groups (broad SMARTS) is 2. The van der Waals surface area contributed by atoms with Gasteiger partial charge in [0.05, 0.1) is 0 Å². The third kappa shape index (κ3) is 7.80. The van der Waals surface area contributed by atoms with Crippen molar-refractivity contribution >= 4 is 11.9 Å². The van der Waals surface area contributed by atoms with E-state index in [0.29, 0.717) is 0 Å². The Kier molecular flexibility index (Phi) is 8.09. The van der Waals surface area contributed by atoms with E-state index in [9.17, 15) is 14.7 Å². The van der Waals surface area contributed by atoms with Gasteiger partial charge in [-0.15, -0.1) is 0 Å². The van der Waals surface area contributed by atoms with Gasteiger partial charge in [-0.25, -0.2) is 4.79 Å². The van der Waals surface area contributed by atoms with E-state index in [1.807, 2.05) is 0 Å². The van der Waals surface area contributed by atoms with Gasteiger partial charge in [-0.3, -0.25) is 0 Å². The second kappa shape index (κ2) is 6.60. The van der Waals surface area contributed by atoms with Gasteiger partial charge >= 0.3 is 35.5 Å². The number of hydrogen-bond donors (Lipinski definition) is 2. The number of carbonyl (C=O) groups is 2. The Hall–Kier alpha value is -0.100. The number of aliphatic carboxylic acids is 2. The van der Waals surface area contributed by atoms with Gasteiger partial charge in [-0.1, -0.05) is 0 Å². The molecule has 0 aromatic heterocycles. The Morgan fingerprint density at radius 2 is 1.91 bits per heavy atom. The zero-order valence-electron chi connectivity index (χ0n) is 6.11. The van der Waals surface area contributed by atoms with Crippen molar-refractivity contribution in [2.24, 2.45) is 0 Å². The quantitative estimate of drug-likeness (QED) is 0.411. The molecule has 0 radical (unpaired) electrons. The van der Waals surface area contributed by atoms with Gasteiger partial charge in [0.2, 0.25) is 0 Å². The predicted octanol–water partition coefficient (Wildman–Crippen LogP) is -5.03. The number of aliphatic hydroxyl groups excluding tert-OH is 1. The fraction of sp³-hybridized carbons (Fsp3) is 0.600. The summed E-state index contributed by atoms with van der Waals surface area (Å²) < 4.78 is 0. The van der Waals surface area contributed by atoms with E-state index in [4.69, 9.17) is 10.2 Å². The Morgan fingerprint density at radius 3 is 2.18 bits per heavy atom. The second-order valence-electron chi connectivity index (χ2n) is 1.76. The maximum atomic E-state index is 9.85. The Morgan fingerprint density at radius 1 is 1.45 bits per heavy atom. The van der Waals surface area contributed by atoms with Gasteiger partial charge in [0.25, 0.3) is 0 Å². The van der Waals surface area contributed by atoms with Crippen molar-refractivity contribution in [1.82, 2.24) is 0 Å². The Labute approximate surface area is 85.3 Å². The molecule has 6 heteroatoms. The van der Waals surface area contributed by atoms with E-state index in [-0.39, 0.29) is 36.0 Å². The minimum absolute atomic E-state index is 0. The SMILES string of the molecule is O=C([O-])CC[C@@H](O)C(=O)O.[Na+]. The second-order valence-corrected chi connectivity index (χ2v) is 1.76. The first-order valence-corrected chi connectivity index (χ1v) is 2.64. The molecule has 2 N–H and O–H groups in total. The van der Waals surface area contributed by atoms with Crippen molar-refractivity contribution in [2.45, 2.75) is 18.9 Å². The van der Waals surface area contributed by atoms with Crippen molar-refractivity contribution in [2.75, 3.05) is 0 Å². The molecular formula is C5H7NaO5. The van der Waals surface area contributed by atoms with Gasteiger partial charge in [-0.05, 0) is 12.8 Å². The third-order valence-corrected chi connectivity index (χ3v) is 0.907. The molecule has 0 bridgehead atoms. The molecule has 0 fully saturated rings. The molecule has 0 aromatic carbocycles. The molecule has 1 atom stereocenters. The maximum Gasteiger partial charge on any atom is 1.00 e. The van der Waals surface area contributed by atoms with Crippen LogP contribution < -0.4 is 34.7 Å². The molecule has 0 amide bonds. The van der Waals surface area contributed by atoms with E-state index in [2.05, 4.69) is 0 Å². The van der Waals surface area contributed by atoms with Crippen molar-refractivity contribution in [3.63, 3.8) is 0 Å². The first kappa shape index (κ1) is 13.5. The molecule has 0 unspecified atom stereocenters. The zero-order chi connectivity index (χ0) is 8.15. The summed E-state index contributed by atoms with van der Waals surface area (Å²) in [7, 11) is 0. The number of hydrogen-bond acceptors (Lipinski definition) is 4. The van der Waals surface area contributed by atoms with Gasteiger partial charge in [0, 0.05) is 5.97 Å². The Bertz CT molecular complexity index is 146. The van der Waals surface area contributed by atoms with Crippen LogP contribution >= 0.6 is 0 Å². The molecule has 58 valence electrons. The fourth-order valence-electron chi connectivity index (χ4n) is 0.378. The topological polar surface area (TPSA) is 97.7 Å². The molecule has 0 heterocycles. The molecule has 0 saturated heterocycles. The predicted molar refractivity (Wildman–Crippen MR) is 27.9 cm³/mol. The molecule has 0 aliphatic rings. The van der Waals surface area contributed by atoms with Crippen molar-refractivity contribution < 1.29 is 54.5 Å². The smallest absolute Gasteiger partial charge is 0.550 e. The van der Waals surface area contributed by atoms with Crippen LogP contribution in [0, 0.1) is 0 Å². The summed E-state index contributed by atoms with van der Waals surface area (Å²) in [5.41, 5.74) is 0. The summed E-state index contributed by atoms with van der Waals surface area (Å²) >= 11 is 0. The van der Waals surface area contributed by atoms with Crippen molar-refractivity contribution in [1.29, 1.82) is 0 Å². The average Bonchev–Trinajstić information content (AvgIpc) is 1.82. The summed E-state index contributed by atoms with van der Waals surface area (Å²) in [6, 6.07) is 0. The summed E-state index contributed by atoms with van der Waals surface area (Å²) in [6.45, 7) is 0. The van der Waals surface area contributed by atoms with Crippen LogP contribution in [0.2, 0.25) is 0 Å². The molecular weight excluding hydrogens is 163 g/mol. The van der Waals surface area contributed by atoms with Crippen LogP contribution in [-0.4, -0.2) is 28.3 Å². The maximum absolute atomic E-state index is 9.85. The minimum Gasteiger partial charge on any atom is -0.550 e. The number of rotatable bonds is 4. The number of aliphatic hydroxyl groups is 1. The minimum atomic E-state index is -1.60. The monoisotopic (exact) mass is 170 g/mol.